The molecular weight excluding hydrogens is 385 g/mol. The Morgan fingerprint density at radius 3 is 2.50 bits per heavy atom. The molecule has 2 aromatic rings. The lowest BCUT2D eigenvalue weighted by atomic mass is 10.1. The Labute approximate surface area is 176 Å². The molecule has 6 nitrogen and oxygen atoms in total. The molecule has 160 valence electrons. The molecule has 0 saturated carbocycles. The van der Waals surface area contributed by atoms with Gasteiger partial charge in [-0.2, -0.15) is 0 Å². The van der Waals surface area contributed by atoms with Crippen molar-refractivity contribution in [1.29, 1.82) is 0 Å². The second-order valence-corrected chi connectivity index (χ2v) is 7.45. The number of piperazine rings is 1. The number of hydrogen-bond donors (Lipinski definition) is 1. The van der Waals surface area contributed by atoms with Gasteiger partial charge in [0.15, 0.2) is 11.6 Å². The van der Waals surface area contributed by atoms with Crippen LogP contribution in [-0.2, 0) is 11.3 Å². The van der Waals surface area contributed by atoms with E-state index >= 15 is 0 Å². The normalized spacial score (nSPS) is 14.4. The summed E-state index contributed by atoms with van der Waals surface area (Å²) in [7, 11) is 1.45. The Morgan fingerprint density at radius 1 is 1.10 bits per heavy atom. The molecule has 2 aromatic carbocycles. The molecule has 30 heavy (non-hydrogen) atoms. The van der Waals surface area contributed by atoms with Crippen molar-refractivity contribution < 1.29 is 18.7 Å². The van der Waals surface area contributed by atoms with Crippen molar-refractivity contribution in [2.45, 2.75) is 19.9 Å². The van der Waals surface area contributed by atoms with E-state index in [1.807, 2.05) is 36.1 Å². The van der Waals surface area contributed by atoms with E-state index in [4.69, 9.17) is 4.74 Å². The minimum absolute atomic E-state index is 0.0372. The summed E-state index contributed by atoms with van der Waals surface area (Å²) in [6.07, 6.45) is 0.279. The van der Waals surface area contributed by atoms with Crippen molar-refractivity contribution in [2.75, 3.05) is 39.8 Å². The fourth-order valence-corrected chi connectivity index (χ4v) is 3.59. The fourth-order valence-electron chi connectivity index (χ4n) is 3.59. The topological polar surface area (TPSA) is 61.9 Å². The Hall–Kier alpha value is -2.93. The summed E-state index contributed by atoms with van der Waals surface area (Å²) in [5.41, 5.74) is 2.43. The van der Waals surface area contributed by atoms with Gasteiger partial charge < -0.3 is 15.0 Å². The average Bonchev–Trinajstić information content (AvgIpc) is 2.74. The molecule has 1 saturated heterocycles. The molecule has 1 aliphatic heterocycles. The summed E-state index contributed by atoms with van der Waals surface area (Å²) in [6, 6.07) is 12.4. The van der Waals surface area contributed by atoms with Crippen molar-refractivity contribution in [3.05, 3.63) is 65.0 Å². The Morgan fingerprint density at radius 2 is 1.83 bits per heavy atom. The van der Waals surface area contributed by atoms with E-state index in [1.165, 1.54) is 13.2 Å². The lowest BCUT2D eigenvalue weighted by Crippen LogP contribution is -2.48. The van der Waals surface area contributed by atoms with Gasteiger partial charge in [0.2, 0.25) is 5.91 Å². The predicted molar refractivity (Wildman–Crippen MR) is 113 cm³/mol. The van der Waals surface area contributed by atoms with E-state index in [0.29, 0.717) is 31.7 Å². The quantitative estimate of drug-likeness (QED) is 0.758. The van der Waals surface area contributed by atoms with Crippen LogP contribution in [0.1, 0.15) is 27.9 Å². The molecule has 1 aliphatic rings. The van der Waals surface area contributed by atoms with Crippen LogP contribution in [0.15, 0.2) is 42.5 Å². The molecule has 0 atom stereocenters. The third kappa shape index (κ3) is 5.57. The Kier molecular flexibility index (Phi) is 7.41. The zero-order valence-corrected chi connectivity index (χ0v) is 17.5. The molecule has 0 aliphatic carbocycles. The number of nitrogens with one attached hydrogen (secondary N) is 1. The summed E-state index contributed by atoms with van der Waals surface area (Å²) in [5.74, 6) is -0.243. The number of nitrogens with zero attached hydrogens (tertiary/aromatic N) is 2. The van der Waals surface area contributed by atoms with Gasteiger partial charge >= 0.3 is 0 Å². The standard InChI is InChI=1S/C23H28FN3O3/c1-17-5-3-4-6-19(17)23(29)25-10-9-22(28)27-13-11-26(12-14-27)16-18-7-8-21(30-2)20(24)15-18/h3-8,15H,9-14,16H2,1-2H3,(H,25,29). The van der Waals surface area contributed by atoms with Crippen molar-refractivity contribution in [2.24, 2.45) is 0 Å². The number of carbonyl (C=O) groups is 2. The maximum absolute atomic E-state index is 13.9. The van der Waals surface area contributed by atoms with Crippen LogP contribution in [0.2, 0.25) is 0 Å². The second kappa shape index (κ2) is 10.2. The monoisotopic (exact) mass is 413 g/mol. The van der Waals surface area contributed by atoms with Gasteiger partial charge in [-0.15, -0.1) is 0 Å². The number of halogens is 1. The smallest absolute Gasteiger partial charge is 0.251 e. The summed E-state index contributed by atoms with van der Waals surface area (Å²) < 4.78 is 18.8. The maximum Gasteiger partial charge on any atom is 0.251 e. The number of ether oxygens (including phenoxy) is 1. The van der Waals surface area contributed by atoms with Crippen molar-refractivity contribution in [1.82, 2.24) is 15.1 Å². The number of carbonyl (C=O) groups excluding carboxylic acids is 2. The molecule has 0 radical (unpaired) electrons. The lowest BCUT2D eigenvalue weighted by molar-refractivity contribution is -0.132. The van der Waals surface area contributed by atoms with E-state index in [1.54, 1.807) is 12.1 Å². The van der Waals surface area contributed by atoms with Crippen LogP contribution in [0.5, 0.6) is 5.75 Å². The Bertz CT molecular complexity index is 895. The van der Waals surface area contributed by atoms with Gasteiger partial charge in [-0.3, -0.25) is 14.5 Å². The van der Waals surface area contributed by atoms with E-state index in [-0.39, 0.29) is 29.8 Å². The van der Waals surface area contributed by atoms with Gasteiger partial charge in [0.05, 0.1) is 7.11 Å². The number of benzene rings is 2. The van der Waals surface area contributed by atoms with Crippen molar-refractivity contribution >= 4 is 11.8 Å². The van der Waals surface area contributed by atoms with Crippen molar-refractivity contribution in [3.63, 3.8) is 0 Å². The molecule has 3 rings (SSSR count). The molecule has 2 amide bonds. The fraction of sp³-hybridized carbons (Fsp3) is 0.391. The van der Waals surface area contributed by atoms with Crippen LogP contribution in [0.4, 0.5) is 4.39 Å². The van der Waals surface area contributed by atoms with Crippen molar-refractivity contribution in [3.8, 4) is 5.75 Å². The summed E-state index contributed by atoms with van der Waals surface area (Å²) >= 11 is 0. The molecule has 0 unspecified atom stereocenters. The summed E-state index contributed by atoms with van der Waals surface area (Å²) in [6.45, 7) is 5.56. The van der Waals surface area contributed by atoms with Gasteiger partial charge in [-0.05, 0) is 36.2 Å². The van der Waals surface area contributed by atoms with Crippen LogP contribution in [-0.4, -0.2) is 61.4 Å². The summed E-state index contributed by atoms with van der Waals surface area (Å²) in [4.78, 5) is 28.7. The number of aryl methyl sites for hydroxylation is 1. The van der Waals surface area contributed by atoms with Crippen LogP contribution < -0.4 is 10.1 Å². The van der Waals surface area contributed by atoms with Crippen LogP contribution in [0, 0.1) is 12.7 Å². The third-order valence-electron chi connectivity index (χ3n) is 5.36. The van der Waals surface area contributed by atoms with E-state index in [9.17, 15) is 14.0 Å². The van der Waals surface area contributed by atoms with Gasteiger partial charge in [0.1, 0.15) is 0 Å². The van der Waals surface area contributed by atoms with Gasteiger partial charge in [-0.1, -0.05) is 24.3 Å². The third-order valence-corrected chi connectivity index (χ3v) is 5.36. The zero-order chi connectivity index (χ0) is 21.5. The minimum Gasteiger partial charge on any atom is -0.494 e. The highest BCUT2D eigenvalue weighted by Crippen LogP contribution is 2.19. The highest BCUT2D eigenvalue weighted by molar-refractivity contribution is 5.95. The number of amides is 2. The zero-order valence-electron chi connectivity index (χ0n) is 17.5. The molecule has 1 heterocycles. The van der Waals surface area contributed by atoms with Crippen LogP contribution in [0.3, 0.4) is 0 Å². The first-order chi connectivity index (χ1) is 14.5. The number of methoxy groups -OCH3 is 1. The molecule has 0 aromatic heterocycles. The number of hydrogen-bond acceptors (Lipinski definition) is 4. The predicted octanol–water partition coefficient (Wildman–Crippen LogP) is 2.61. The first-order valence-corrected chi connectivity index (χ1v) is 10.1. The molecular formula is C23H28FN3O3. The first-order valence-electron chi connectivity index (χ1n) is 10.1. The van der Waals surface area contributed by atoms with Crippen LogP contribution >= 0.6 is 0 Å². The first kappa shape index (κ1) is 21.8. The molecule has 0 spiro atoms. The molecule has 7 heteroatoms. The van der Waals surface area contributed by atoms with Gasteiger partial charge in [0.25, 0.3) is 5.91 Å². The Balaban J connectivity index is 1.40. The van der Waals surface area contributed by atoms with E-state index in [2.05, 4.69) is 10.2 Å². The second-order valence-electron chi connectivity index (χ2n) is 7.45. The highest BCUT2D eigenvalue weighted by atomic mass is 19.1. The summed E-state index contributed by atoms with van der Waals surface area (Å²) in [5, 5.41) is 2.82. The SMILES string of the molecule is COc1ccc(CN2CCN(C(=O)CCNC(=O)c3ccccc3C)CC2)cc1F. The molecule has 1 N–H and O–H groups in total. The largest absolute Gasteiger partial charge is 0.494 e. The van der Waals surface area contributed by atoms with E-state index in [0.717, 1.165) is 24.2 Å². The van der Waals surface area contributed by atoms with Gasteiger partial charge in [-0.25, -0.2) is 4.39 Å². The lowest BCUT2D eigenvalue weighted by Gasteiger charge is -2.34. The average molecular weight is 413 g/mol. The van der Waals surface area contributed by atoms with Crippen LogP contribution in [0.25, 0.3) is 0 Å². The van der Waals surface area contributed by atoms with Gasteiger partial charge in [0, 0.05) is 51.3 Å². The highest BCUT2D eigenvalue weighted by Gasteiger charge is 2.21. The molecule has 1 fully saturated rings. The van der Waals surface area contributed by atoms with E-state index < -0.39 is 0 Å². The maximum atomic E-state index is 13.9. The minimum atomic E-state index is -0.364. The number of rotatable bonds is 7. The molecule has 0 bridgehead atoms.